The number of carbonyl (C=O) groups is 1. The van der Waals surface area contributed by atoms with Crippen molar-refractivity contribution in [3.05, 3.63) is 11.6 Å². The van der Waals surface area contributed by atoms with Crippen molar-refractivity contribution >= 4 is 5.97 Å². The lowest BCUT2D eigenvalue weighted by molar-refractivity contribution is -0.148. The third kappa shape index (κ3) is 2.47. The second-order valence-electron chi connectivity index (χ2n) is 9.54. The van der Waals surface area contributed by atoms with Gasteiger partial charge in [0.2, 0.25) is 0 Å². The summed E-state index contributed by atoms with van der Waals surface area (Å²) >= 11 is 0. The first-order valence-corrected chi connectivity index (χ1v) is 10.1. The molecule has 4 aliphatic rings. The Kier molecular flexibility index (Phi) is 4.02. The van der Waals surface area contributed by atoms with E-state index in [1.165, 1.54) is 32.6 Å². The fraction of sp³-hybridized carbons (Fsp3) is 0.818. The van der Waals surface area contributed by atoms with Gasteiger partial charge in [0.1, 0.15) is 6.10 Å². The van der Waals surface area contributed by atoms with E-state index in [9.17, 15) is 10.1 Å². The molecule has 0 radical (unpaired) electrons. The van der Waals surface area contributed by atoms with Crippen molar-refractivity contribution in [1.82, 2.24) is 0 Å². The van der Waals surface area contributed by atoms with E-state index in [0.717, 1.165) is 43.4 Å². The summed E-state index contributed by atoms with van der Waals surface area (Å²) in [6.45, 7) is 6.39. The van der Waals surface area contributed by atoms with E-state index in [2.05, 4.69) is 26.0 Å². The van der Waals surface area contributed by atoms with Gasteiger partial charge < -0.3 is 4.74 Å². The van der Waals surface area contributed by atoms with Crippen LogP contribution in [0, 0.1) is 45.8 Å². The number of ether oxygens (including phenoxy) is 1. The SMILES string of the molecule is CC(=O)O[C@@H]1CC[C@@]2(C)C(=CC[C@H]3[C@H]4CC[C@H](C#N)[C@@]4(C)CC[C@@H]32)C1. The van der Waals surface area contributed by atoms with Crippen LogP contribution in [0.25, 0.3) is 0 Å². The quantitative estimate of drug-likeness (QED) is 0.497. The first-order chi connectivity index (χ1) is 11.9. The molecule has 0 aliphatic heterocycles. The van der Waals surface area contributed by atoms with Gasteiger partial charge in [-0.1, -0.05) is 25.5 Å². The van der Waals surface area contributed by atoms with E-state index in [0.29, 0.717) is 0 Å². The highest BCUT2D eigenvalue weighted by Crippen LogP contribution is 2.66. The average molecular weight is 341 g/mol. The van der Waals surface area contributed by atoms with Gasteiger partial charge in [-0.05, 0) is 73.5 Å². The molecule has 4 aliphatic carbocycles. The number of allylic oxidation sites excluding steroid dienone is 1. The van der Waals surface area contributed by atoms with Crippen LogP contribution in [0.15, 0.2) is 11.6 Å². The third-order valence-electron chi connectivity index (χ3n) is 8.55. The van der Waals surface area contributed by atoms with Crippen molar-refractivity contribution in [2.24, 2.45) is 34.5 Å². The van der Waals surface area contributed by atoms with Crippen LogP contribution >= 0.6 is 0 Å². The third-order valence-corrected chi connectivity index (χ3v) is 8.55. The zero-order valence-corrected chi connectivity index (χ0v) is 15.9. The van der Waals surface area contributed by atoms with Crippen LogP contribution < -0.4 is 0 Å². The summed E-state index contributed by atoms with van der Waals surface area (Å²) in [6.07, 6.45) is 11.6. The van der Waals surface area contributed by atoms with Crippen LogP contribution in [0.1, 0.15) is 72.1 Å². The van der Waals surface area contributed by atoms with Gasteiger partial charge in [0.05, 0.1) is 12.0 Å². The van der Waals surface area contributed by atoms with Gasteiger partial charge in [-0.3, -0.25) is 4.79 Å². The summed E-state index contributed by atoms with van der Waals surface area (Å²) in [4.78, 5) is 11.3. The van der Waals surface area contributed by atoms with Crippen molar-refractivity contribution in [2.75, 3.05) is 0 Å². The molecule has 0 saturated heterocycles. The number of esters is 1. The molecule has 0 spiro atoms. The lowest BCUT2D eigenvalue weighted by Gasteiger charge is -2.57. The van der Waals surface area contributed by atoms with Gasteiger partial charge >= 0.3 is 5.97 Å². The Balaban J connectivity index is 1.59. The molecule has 0 amide bonds. The molecule has 136 valence electrons. The summed E-state index contributed by atoms with van der Waals surface area (Å²) in [7, 11) is 0. The van der Waals surface area contributed by atoms with Gasteiger partial charge in [0, 0.05) is 13.3 Å². The number of carbonyl (C=O) groups excluding carboxylic acids is 1. The van der Waals surface area contributed by atoms with E-state index in [1.807, 2.05) is 0 Å². The minimum absolute atomic E-state index is 0.0803. The van der Waals surface area contributed by atoms with E-state index >= 15 is 0 Å². The Labute approximate surface area is 151 Å². The van der Waals surface area contributed by atoms with E-state index in [4.69, 9.17) is 4.74 Å². The molecule has 0 bridgehead atoms. The van der Waals surface area contributed by atoms with Crippen molar-refractivity contribution in [3.63, 3.8) is 0 Å². The Hall–Kier alpha value is -1.30. The second-order valence-corrected chi connectivity index (χ2v) is 9.54. The van der Waals surface area contributed by atoms with Gasteiger partial charge in [-0.2, -0.15) is 5.26 Å². The predicted molar refractivity (Wildman–Crippen MR) is 96.4 cm³/mol. The normalized spacial score (nSPS) is 48.4. The smallest absolute Gasteiger partial charge is 0.302 e. The van der Waals surface area contributed by atoms with E-state index in [-0.39, 0.29) is 28.8 Å². The van der Waals surface area contributed by atoms with Gasteiger partial charge in [-0.15, -0.1) is 0 Å². The summed E-state index contributed by atoms with van der Waals surface area (Å²) in [5.41, 5.74) is 2.07. The largest absolute Gasteiger partial charge is 0.462 e. The maximum atomic E-state index is 11.3. The number of fused-ring (bicyclic) bond motifs is 5. The first kappa shape index (κ1) is 17.1. The first-order valence-electron chi connectivity index (χ1n) is 10.1. The van der Waals surface area contributed by atoms with Crippen LogP contribution in [0.4, 0.5) is 0 Å². The molecule has 3 fully saturated rings. The summed E-state index contributed by atoms with van der Waals surface area (Å²) < 4.78 is 5.52. The molecule has 3 nitrogen and oxygen atoms in total. The Morgan fingerprint density at radius 1 is 1.20 bits per heavy atom. The van der Waals surface area contributed by atoms with Crippen molar-refractivity contribution in [1.29, 1.82) is 5.26 Å². The van der Waals surface area contributed by atoms with Crippen LogP contribution in [0.5, 0.6) is 0 Å². The van der Waals surface area contributed by atoms with E-state index < -0.39 is 0 Å². The molecule has 3 heteroatoms. The maximum absolute atomic E-state index is 11.3. The second kappa shape index (κ2) is 5.86. The molecule has 25 heavy (non-hydrogen) atoms. The molecular weight excluding hydrogens is 310 g/mol. The minimum Gasteiger partial charge on any atom is -0.462 e. The average Bonchev–Trinajstić information content (AvgIpc) is 2.91. The molecule has 7 atom stereocenters. The Morgan fingerprint density at radius 3 is 2.72 bits per heavy atom. The summed E-state index contributed by atoms with van der Waals surface area (Å²) in [5, 5.41) is 9.60. The lowest BCUT2D eigenvalue weighted by atomic mass is 9.47. The number of nitriles is 1. The maximum Gasteiger partial charge on any atom is 0.302 e. The summed E-state index contributed by atoms with van der Waals surface area (Å²) in [6, 6.07) is 2.63. The van der Waals surface area contributed by atoms with Gasteiger partial charge in [0.15, 0.2) is 0 Å². The zero-order valence-electron chi connectivity index (χ0n) is 15.9. The molecule has 3 saturated carbocycles. The molecular formula is C22H31NO2. The summed E-state index contributed by atoms with van der Waals surface area (Å²) in [5.74, 6) is 2.33. The number of nitrogens with zero attached hydrogens (tertiary/aromatic N) is 1. The topological polar surface area (TPSA) is 50.1 Å². The highest BCUT2D eigenvalue weighted by Gasteiger charge is 2.58. The number of hydrogen-bond acceptors (Lipinski definition) is 3. The van der Waals surface area contributed by atoms with Crippen molar-refractivity contribution in [2.45, 2.75) is 78.2 Å². The molecule has 0 heterocycles. The van der Waals surface area contributed by atoms with Crippen molar-refractivity contribution < 1.29 is 9.53 Å². The monoisotopic (exact) mass is 341 g/mol. The van der Waals surface area contributed by atoms with Crippen LogP contribution in [0.2, 0.25) is 0 Å². The van der Waals surface area contributed by atoms with Crippen LogP contribution in [-0.2, 0) is 9.53 Å². The molecule has 0 aromatic carbocycles. The highest BCUT2D eigenvalue weighted by atomic mass is 16.5. The minimum atomic E-state index is -0.148. The lowest BCUT2D eigenvalue weighted by Crippen LogP contribution is -2.50. The van der Waals surface area contributed by atoms with Crippen LogP contribution in [0.3, 0.4) is 0 Å². The Morgan fingerprint density at radius 2 is 2.00 bits per heavy atom. The number of hydrogen-bond donors (Lipinski definition) is 0. The molecule has 0 aromatic rings. The van der Waals surface area contributed by atoms with Crippen molar-refractivity contribution in [3.8, 4) is 6.07 Å². The highest BCUT2D eigenvalue weighted by molar-refractivity contribution is 5.66. The predicted octanol–water partition coefficient (Wildman–Crippen LogP) is 5.02. The van der Waals surface area contributed by atoms with E-state index in [1.54, 1.807) is 5.57 Å². The molecule has 0 aromatic heterocycles. The molecule has 0 unspecified atom stereocenters. The fourth-order valence-corrected chi connectivity index (χ4v) is 7.18. The Bertz CT molecular complexity index is 647. The zero-order chi connectivity index (χ0) is 17.8. The molecule has 4 rings (SSSR count). The standard InChI is InChI=1S/C22H31NO2/c1-14(24)25-17-8-10-21(2)15(12-17)4-6-18-19-7-5-16(13-23)22(19,3)11-9-20(18)21/h4,16-20H,5-12H2,1-3H3/t16-,17-,18+,19-,20+,21+,22-/m1/s1. The van der Waals surface area contributed by atoms with Gasteiger partial charge in [0.25, 0.3) is 0 Å². The fourth-order valence-electron chi connectivity index (χ4n) is 7.18. The number of rotatable bonds is 1. The van der Waals surface area contributed by atoms with Crippen LogP contribution in [-0.4, -0.2) is 12.1 Å². The van der Waals surface area contributed by atoms with Gasteiger partial charge in [-0.25, -0.2) is 0 Å². The molecule has 0 N–H and O–H groups in total.